The second-order valence-electron chi connectivity index (χ2n) is 5.19. The number of para-hydroxylation sites is 1. The summed E-state index contributed by atoms with van der Waals surface area (Å²) in [7, 11) is -0.790. The minimum absolute atomic E-state index is 0.790. The highest BCUT2D eigenvalue weighted by Gasteiger charge is 2.28. The van der Waals surface area contributed by atoms with Crippen LogP contribution in [0, 0.1) is 6.92 Å². The molecule has 1 heterocycles. The molecule has 3 aromatic carbocycles. The molecule has 0 saturated carbocycles. The summed E-state index contributed by atoms with van der Waals surface area (Å²) in [4.78, 5) is 0. The molecule has 0 saturated heterocycles. The van der Waals surface area contributed by atoms with Crippen molar-refractivity contribution in [3.63, 3.8) is 0 Å². The molecule has 1 atom stereocenters. The zero-order chi connectivity index (χ0) is 14.2. The van der Waals surface area contributed by atoms with E-state index in [1.807, 2.05) is 6.07 Å². The Labute approximate surface area is 126 Å². The Kier molecular flexibility index (Phi) is 3.02. The molecule has 1 aliphatic heterocycles. The summed E-state index contributed by atoms with van der Waals surface area (Å²) in [6.45, 7) is 2.16. The van der Waals surface area contributed by atoms with Crippen LogP contribution in [0.15, 0.2) is 72.8 Å². The summed E-state index contributed by atoms with van der Waals surface area (Å²) >= 11 is 0. The van der Waals surface area contributed by atoms with E-state index in [2.05, 4.69) is 73.7 Å². The average molecular weight is 290 g/mol. The van der Waals surface area contributed by atoms with Crippen LogP contribution in [-0.2, 0) is 0 Å². The van der Waals surface area contributed by atoms with E-state index in [0.29, 0.717) is 0 Å². The van der Waals surface area contributed by atoms with Crippen molar-refractivity contribution in [2.75, 3.05) is 0 Å². The van der Waals surface area contributed by atoms with Crippen LogP contribution in [0.4, 0.5) is 0 Å². The minimum atomic E-state index is -0.790. The van der Waals surface area contributed by atoms with Gasteiger partial charge in [-0.25, -0.2) is 0 Å². The first-order chi connectivity index (χ1) is 10.3. The molecule has 1 aliphatic rings. The Morgan fingerprint density at radius 1 is 0.667 bits per heavy atom. The quantitative estimate of drug-likeness (QED) is 0.603. The van der Waals surface area contributed by atoms with Crippen LogP contribution in [0.3, 0.4) is 0 Å². The van der Waals surface area contributed by atoms with Crippen molar-refractivity contribution in [1.29, 1.82) is 0 Å². The van der Waals surface area contributed by atoms with E-state index in [4.69, 9.17) is 4.52 Å². The molecule has 0 radical (unpaired) electrons. The summed E-state index contributed by atoms with van der Waals surface area (Å²) in [6.07, 6.45) is 0. The molecule has 4 rings (SSSR count). The first kappa shape index (κ1) is 12.6. The average Bonchev–Trinajstić information content (AvgIpc) is 2.55. The molecule has 0 N–H and O–H groups in total. The molecular weight excluding hydrogens is 275 g/mol. The molecule has 2 heteroatoms. The lowest BCUT2D eigenvalue weighted by molar-refractivity contribution is 0.629. The molecule has 0 amide bonds. The monoisotopic (exact) mass is 290 g/mol. The standard InChI is InChI=1S/C19H15OP/c1-14-8-2-6-12-18(14)21-19-13-7-4-10-16(19)15-9-3-5-11-17(15)20-21/h2-13H,1H3. The maximum atomic E-state index is 6.39. The summed E-state index contributed by atoms with van der Waals surface area (Å²) in [5, 5.41) is 2.61. The first-order valence-corrected chi connectivity index (χ1v) is 8.33. The van der Waals surface area contributed by atoms with Crippen molar-refractivity contribution in [1.82, 2.24) is 0 Å². The van der Waals surface area contributed by atoms with Crippen molar-refractivity contribution in [2.24, 2.45) is 0 Å². The van der Waals surface area contributed by atoms with Crippen LogP contribution >= 0.6 is 8.15 Å². The number of rotatable bonds is 1. The van der Waals surface area contributed by atoms with Gasteiger partial charge in [0, 0.05) is 16.2 Å². The van der Waals surface area contributed by atoms with Gasteiger partial charge in [-0.15, -0.1) is 0 Å². The molecule has 0 spiro atoms. The highest BCUT2D eigenvalue weighted by Crippen LogP contribution is 2.48. The topological polar surface area (TPSA) is 9.23 Å². The second-order valence-corrected chi connectivity index (χ2v) is 6.92. The summed E-state index contributed by atoms with van der Waals surface area (Å²) < 4.78 is 6.39. The van der Waals surface area contributed by atoms with E-state index in [1.165, 1.54) is 27.3 Å². The highest BCUT2D eigenvalue weighted by molar-refractivity contribution is 7.69. The third-order valence-corrected chi connectivity index (χ3v) is 5.97. The Morgan fingerprint density at radius 3 is 2.10 bits per heavy atom. The number of hydrogen-bond acceptors (Lipinski definition) is 1. The van der Waals surface area contributed by atoms with Crippen LogP contribution in [0.2, 0.25) is 0 Å². The van der Waals surface area contributed by atoms with Gasteiger partial charge in [-0.2, -0.15) is 0 Å². The Bertz CT molecular complexity index is 810. The fourth-order valence-corrected chi connectivity index (χ4v) is 4.83. The van der Waals surface area contributed by atoms with E-state index in [1.54, 1.807) is 0 Å². The van der Waals surface area contributed by atoms with Crippen molar-refractivity contribution >= 4 is 18.8 Å². The van der Waals surface area contributed by atoms with Crippen molar-refractivity contribution in [2.45, 2.75) is 6.92 Å². The maximum Gasteiger partial charge on any atom is 0.151 e. The minimum Gasteiger partial charge on any atom is -0.464 e. The lowest BCUT2D eigenvalue weighted by Crippen LogP contribution is -2.22. The van der Waals surface area contributed by atoms with Gasteiger partial charge in [0.25, 0.3) is 0 Å². The van der Waals surface area contributed by atoms with E-state index in [-0.39, 0.29) is 0 Å². The van der Waals surface area contributed by atoms with Gasteiger partial charge in [-0.05, 0) is 24.1 Å². The van der Waals surface area contributed by atoms with Crippen molar-refractivity contribution in [3.8, 4) is 16.9 Å². The summed E-state index contributed by atoms with van der Waals surface area (Å²) in [5.74, 6) is 0.991. The van der Waals surface area contributed by atoms with Crippen molar-refractivity contribution in [3.05, 3.63) is 78.4 Å². The van der Waals surface area contributed by atoms with Crippen molar-refractivity contribution < 1.29 is 4.52 Å². The lowest BCUT2D eigenvalue weighted by Gasteiger charge is -2.29. The van der Waals surface area contributed by atoms with Crippen LogP contribution in [0.5, 0.6) is 5.75 Å². The van der Waals surface area contributed by atoms with Crippen LogP contribution in [0.1, 0.15) is 5.56 Å². The van der Waals surface area contributed by atoms with E-state index < -0.39 is 8.15 Å². The smallest absolute Gasteiger partial charge is 0.151 e. The van der Waals surface area contributed by atoms with Gasteiger partial charge >= 0.3 is 0 Å². The molecule has 1 nitrogen and oxygen atoms in total. The molecule has 0 fully saturated rings. The predicted molar refractivity (Wildman–Crippen MR) is 89.9 cm³/mol. The number of benzene rings is 3. The molecule has 0 aliphatic carbocycles. The van der Waals surface area contributed by atoms with Crippen LogP contribution in [0.25, 0.3) is 11.1 Å². The molecule has 1 unspecified atom stereocenters. The number of aryl methyl sites for hydroxylation is 1. The van der Waals surface area contributed by atoms with Gasteiger partial charge in [-0.3, -0.25) is 0 Å². The van der Waals surface area contributed by atoms with Gasteiger partial charge in [0.1, 0.15) is 5.75 Å². The molecular formula is C19H15OP. The third-order valence-electron chi connectivity index (χ3n) is 3.82. The maximum absolute atomic E-state index is 6.39. The lowest BCUT2D eigenvalue weighted by atomic mass is 10.0. The van der Waals surface area contributed by atoms with Gasteiger partial charge in [-0.1, -0.05) is 66.7 Å². The largest absolute Gasteiger partial charge is 0.464 e. The zero-order valence-electron chi connectivity index (χ0n) is 11.8. The molecule has 102 valence electrons. The third kappa shape index (κ3) is 2.05. The van der Waals surface area contributed by atoms with Crippen LogP contribution in [-0.4, -0.2) is 0 Å². The summed E-state index contributed by atoms with van der Waals surface area (Å²) in [6, 6.07) is 25.4. The van der Waals surface area contributed by atoms with Gasteiger partial charge in [0.15, 0.2) is 8.15 Å². The van der Waals surface area contributed by atoms with Crippen LogP contribution < -0.4 is 15.1 Å². The van der Waals surface area contributed by atoms with Gasteiger partial charge < -0.3 is 4.52 Å². The van der Waals surface area contributed by atoms with E-state index in [9.17, 15) is 0 Å². The highest BCUT2D eigenvalue weighted by atomic mass is 31.1. The fourth-order valence-electron chi connectivity index (χ4n) is 2.77. The zero-order valence-corrected chi connectivity index (χ0v) is 12.7. The van der Waals surface area contributed by atoms with E-state index in [0.717, 1.165) is 5.75 Å². The Hall–Kier alpha value is -2.11. The number of fused-ring (bicyclic) bond motifs is 3. The fraction of sp³-hybridized carbons (Fsp3) is 0.0526. The summed E-state index contributed by atoms with van der Waals surface area (Å²) in [5.41, 5.74) is 3.78. The normalized spacial score (nSPS) is 15.8. The SMILES string of the molecule is Cc1ccccc1P1Oc2ccccc2-c2ccccc21. The molecule has 3 aromatic rings. The van der Waals surface area contributed by atoms with Gasteiger partial charge in [0.2, 0.25) is 0 Å². The second kappa shape index (κ2) is 5.02. The van der Waals surface area contributed by atoms with E-state index >= 15 is 0 Å². The first-order valence-electron chi connectivity index (χ1n) is 7.07. The Morgan fingerprint density at radius 2 is 1.29 bits per heavy atom. The molecule has 0 bridgehead atoms. The van der Waals surface area contributed by atoms with Gasteiger partial charge in [0.05, 0.1) is 0 Å². The molecule has 21 heavy (non-hydrogen) atoms. The Balaban J connectivity index is 1.95. The predicted octanol–water partition coefficient (Wildman–Crippen LogP) is 4.40. The molecule has 0 aromatic heterocycles. The number of hydrogen-bond donors (Lipinski definition) is 0.